The molecule has 2 unspecified atom stereocenters. The Labute approximate surface area is 130 Å². The summed E-state index contributed by atoms with van der Waals surface area (Å²) in [6.45, 7) is 13.0. The fourth-order valence-electron chi connectivity index (χ4n) is 2.59. The van der Waals surface area contributed by atoms with E-state index >= 15 is 0 Å². The van der Waals surface area contributed by atoms with Gasteiger partial charge in [0.1, 0.15) is 0 Å². The van der Waals surface area contributed by atoms with Gasteiger partial charge in [0.2, 0.25) is 0 Å². The molecule has 0 spiro atoms. The van der Waals surface area contributed by atoms with Crippen LogP contribution in [-0.2, 0) is 9.47 Å². The zero-order valence-corrected chi connectivity index (χ0v) is 14.0. The Hall–Kier alpha value is -0.200. The van der Waals surface area contributed by atoms with Gasteiger partial charge in [-0.05, 0) is 52.2 Å². The van der Waals surface area contributed by atoms with Crippen molar-refractivity contribution in [2.45, 2.75) is 45.8 Å². The lowest BCUT2D eigenvalue weighted by atomic mass is 10.1. The van der Waals surface area contributed by atoms with Crippen molar-refractivity contribution in [3.05, 3.63) is 0 Å². The molecule has 2 atom stereocenters. The molecule has 5 heteroatoms. The van der Waals surface area contributed by atoms with E-state index in [0.29, 0.717) is 32.3 Å². The van der Waals surface area contributed by atoms with Crippen LogP contribution in [0.25, 0.3) is 0 Å². The predicted octanol–water partition coefficient (Wildman–Crippen LogP) is 1.11. The summed E-state index contributed by atoms with van der Waals surface area (Å²) in [6.07, 6.45) is 2.48. The highest BCUT2D eigenvalue weighted by atomic mass is 16.5. The largest absolute Gasteiger partial charge is 0.389 e. The van der Waals surface area contributed by atoms with E-state index in [1.807, 2.05) is 13.8 Å². The Balaban J connectivity index is 1.91. The summed E-state index contributed by atoms with van der Waals surface area (Å²) in [5.41, 5.74) is 0. The van der Waals surface area contributed by atoms with E-state index in [4.69, 9.17) is 9.47 Å². The van der Waals surface area contributed by atoms with Crippen molar-refractivity contribution in [1.29, 1.82) is 0 Å². The Morgan fingerprint density at radius 2 is 1.81 bits per heavy atom. The summed E-state index contributed by atoms with van der Waals surface area (Å²) < 4.78 is 10.8. The van der Waals surface area contributed by atoms with Gasteiger partial charge in [0.05, 0.1) is 32.0 Å². The molecule has 0 aromatic heterocycles. The molecular formula is C16H34N2O3. The third-order valence-corrected chi connectivity index (χ3v) is 3.63. The zero-order chi connectivity index (χ0) is 15.5. The monoisotopic (exact) mass is 302 g/mol. The average Bonchev–Trinajstić information content (AvgIpc) is 2.90. The number of likely N-dealkylation sites (tertiary alicyclic amines) is 1. The minimum atomic E-state index is -0.442. The standard InChI is InChI=1S/C16H34N2O3/c1-14(2)21-9-8-20-13-16(19)11-17-10-15(3)12-18-6-4-5-7-18/h14-17,19H,4-13H2,1-3H3. The Morgan fingerprint density at radius 1 is 1.10 bits per heavy atom. The SMILES string of the molecule is CC(CNCC(O)COCCOC(C)C)CN1CCCC1. The molecule has 5 nitrogen and oxygen atoms in total. The molecule has 2 N–H and O–H groups in total. The van der Waals surface area contributed by atoms with E-state index in [0.717, 1.165) is 13.1 Å². The molecule has 0 aromatic carbocycles. The van der Waals surface area contributed by atoms with Crippen molar-refractivity contribution in [2.75, 3.05) is 52.5 Å². The lowest BCUT2D eigenvalue weighted by Gasteiger charge is -2.21. The lowest BCUT2D eigenvalue weighted by molar-refractivity contribution is -0.0101. The minimum Gasteiger partial charge on any atom is -0.389 e. The fraction of sp³-hybridized carbons (Fsp3) is 1.00. The maximum Gasteiger partial charge on any atom is 0.0897 e. The summed E-state index contributed by atoms with van der Waals surface area (Å²) >= 11 is 0. The van der Waals surface area contributed by atoms with E-state index in [2.05, 4.69) is 17.1 Å². The second-order valence-electron chi connectivity index (χ2n) is 6.42. The first-order valence-electron chi connectivity index (χ1n) is 8.38. The van der Waals surface area contributed by atoms with Crippen LogP contribution in [0, 0.1) is 5.92 Å². The van der Waals surface area contributed by atoms with Gasteiger partial charge < -0.3 is 24.8 Å². The van der Waals surface area contributed by atoms with Crippen LogP contribution in [0.1, 0.15) is 33.6 Å². The van der Waals surface area contributed by atoms with Gasteiger partial charge in [-0.3, -0.25) is 0 Å². The summed E-state index contributed by atoms with van der Waals surface area (Å²) in [4.78, 5) is 2.53. The Kier molecular flexibility index (Phi) is 10.2. The van der Waals surface area contributed by atoms with Crippen LogP contribution in [0.4, 0.5) is 0 Å². The van der Waals surface area contributed by atoms with Crippen molar-refractivity contribution in [1.82, 2.24) is 10.2 Å². The third-order valence-electron chi connectivity index (χ3n) is 3.63. The molecule has 0 amide bonds. The number of nitrogens with zero attached hydrogens (tertiary/aromatic N) is 1. The van der Waals surface area contributed by atoms with Crippen molar-refractivity contribution in [2.24, 2.45) is 5.92 Å². The van der Waals surface area contributed by atoms with Crippen LogP contribution in [0.5, 0.6) is 0 Å². The molecule has 0 saturated carbocycles. The lowest BCUT2D eigenvalue weighted by Crippen LogP contribution is -2.36. The highest BCUT2D eigenvalue weighted by Gasteiger charge is 2.14. The number of aliphatic hydroxyl groups excluding tert-OH is 1. The Morgan fingerprint density at radius 3 is 2.48 bits per heavy atom. The minimum absolute atomic E-state index is 0.234. The van der Waals surface area contributed by atoms with E-state index in [1.165, 1.54) is 25.9 Å². The smallest absolute Gasteiger partial charge is 0.0897 e. The number of nitrogens with one attached hydrogen (secondary N) is 1. The van der Waals surface area contributed by atoms with Crippen molar-refractivity contribution in [3.63, 3.8) is 0 Å². The van der Waals surface area contributed by atoms with Gasteiger partial charge in [0, 0.05) is 13.1 Å². The molecule has 0 aromatic rings. The highest BCUT2D eigenvalue weighted by molar-refractivity contribution is 4.70. The van der Waals surface area contributed by atoms with Crippen LogP contribution in [0.2, 0.25) is 0 Å². The van der Waals surface area contributed by atoms with Crippen LogP contribution in [-0.4, -0.2) is 74.8 Å². The fourth-order valence-corrected chi connectivity index (χ4v) is 2.59. The predicted molar refractivity (Wildman–Crippen MR) is 85.6 cm³/mol. The van der Waals surface area contributed by atoms with Gasteiger partial charge in [-0.25, -0.2) is 0 Å². The summed E-state index contributed by atoms with van der Waals surface area (Å²) in [7, 11) is 0. The number of hydrogen-bond acceptors (Lipinski definition) is 5. The maximum atomic E-state index is 9.82. The zero-order valence-electron chi connectivity index (χ0n) is 14.0. The highest BCUT2D eigenvalue weighted by Crippen LogP contribution is 2.09. The first-order chi connectivity index (χ1) is 10.1. The van der Waals surface area contributed by atoms with Crippen molar-refractivity contribution < 1.29 is 14.6 Å². The van der Waals surface area contributed by atoms with Gasteiger partial charge >= 0.3 is 0 Å². The molecule has 0 bridgehead atoms. The van der Waals surface area contributed by atoms with Crippen LogP contribution < -0.4 is 5.32 Å². The molecule has 0 aliphatic carbocycles. The van der Waals surface area contributed by atoms with Gasteiger partial charge in [0.25, 0.3) is 0 Å². The van der Waals surface area contributed by atoms with Crippen molar-refractivity contribution in [3.8, 4) is 0 Å². The second kappa shape index (κ2) is 11.4. The second-order valence-corrected chi connectivity index (χ2v) is 6.42. The molecule has 1 rings (SSSR count). The number of hydrogen-bond donors (Lipinski definition) is 2. The average molecular weight is 302 g/mol. The number of ether oxygens (including phenoxy) is 2. The topological polar surface area (TPSA) is 54.0 Å². The van der Waals surface area contributed by atoms with E-state index < -0.39 is 6.10 Å². The van der Waals surface area contributed by atoms with Crippen LogP contribution in [0.3, 0.4) is 0 Å². The van der Waals surface area contributed by atoms with E-state index in [1.54, 1.807) is 0 Å². The summed E-state index contributed by atoms with van der Waals surface area (Å²) in [5.74, 6) is 0.621. The van der Waals surface area contributed by atoms with E-state index in [-0.39, 0.29) is 6.10 Å². The van der Waals surface area contributed by atoms with E-state index in [9.17, 15) is 5.11 Å². The van der Waals surface area contributed by atoms with Crippen LogP contribution >= 0.6 is 0 Å². The molecule has 1 aliphatic rings. The summed E-state index contributed by atoms with van der Waals surface area (Å²) in [5, 5.41) is 13.1. The number of rotatable bonds is 12. The molecule has 0 radical (unpaired) electrons. The van der Waals surface area contributed by atoms with Crippen LogP contribution in [0.15, 0.2) is 0 Å². The summed E-state index contributed by atoms with van der Waals surface area (Å²) in [6, 6.07) is 0. The molecular weight excluding hydrogens is 268 g/mol. The normalized spacial score (nSPS) is 19.3. The third kappa shape index (κ3) is 10.2. The van der Waals surface area contributed by atoms with Crippen molar-refractivity contribution >= 4 is 0 Å². The van der Waals surface area contributed by atoms with Gasteiger partial charge in [-0.2, -0.15) is 0 Å². The first-order valence-corrected chi connectivity index (χ1v) is 8.38. The molecule has 1 saturated heterocycles. The molecule has 21 heavy (non-hydrogen) atoms. The first kappa shape index (κ1) is 18.8. The molecule has 126 valence electrons. The molecule has 1 heterocycles. The van der Waals surface area contributed by atoms with Gasteiger partial charge in [-0.15, -0.1) is 0 Å². The van der Waals surface area contributed by atoms with Gasteiger partial charge in [0.15, 0.2) is 0 Å². The van der Waals surface area contributed by atoms with Gasteiger partial charge in [-0.1, -0.05) is 6.92 Å². The molecule has 1 fully saturated rings. The quantitative estimate of drug-likeness (QED) is 0.529. The molecule has 1 aliphatic heterocycles. The maximum absolute atomic E-state index is 9.82. The Bertz CT molecular complexity index is 246. The number of aliphatic hydroxyl groups is 1.